The number of fused-ring (bicyclic) bond motifs is 1. The summed E-state index contributed by atoms with van der Waals surface area (Å²) in [7, 11) is 0. The molecule has 2 heterocycles. The Bertz CT molecular complexity index is 1190. The van der Waals surface area contributed by atoms with Gasteiger partial charge in [-0.1, -0.05) is 48.0 Å². The van der Waals surface area contributed by atoms with E-state index in [0.717, 1.165) is 5.56 Å². The van der Waals surface area contributed by atoms with Crippen LogP contribution in [0.25, 0.3) is 11.3 Å². The molecule has 0 spiro atoms. The van der Waals surface area contributed by atoms with Crippen molar-refractivity contribution < 1.29 is 19.5 Å². The van der Waals surface area contributed by atoms with Gasteiger partial charge >= 0.3 is 12.0 Å². The standard InChI is InChI=1S/C22H19ClN4O4/c23-18-17(20(24)28)16-12-26(9-10-27(16)19(18)13-5-2-1-3-6-13)22(31)25-15-8-4-7-14(11-15)21(29)30/h1-8,11H,9-10,12H2,(H2,24,28)(H,25,31)(H,29,30). The van der Waals surface area contributed by atoms with Gasteiger partial charge in [-0.05, 0) is 23.8 Å². The predicted octanol–water partition coefficient (Wildman–Crippen LogP) is 3.65. The number of aromatic carboxylic acids is 1. The molecule has 9 heteroatoms. The van der Waals surface area contributed by atoms with Crippen molar-refractivity contribution in [3.8, 4) is 11.3 Å². The normalized spacial score (nSPS) is 12.9. The van der Waals surface area contributed by atoms with Crippen molar-refractivity contribution in [3.05, 3.63) is 76.4 Å². The smallest absolute Gasteiger partial charge is 0.335 e. The molecule has 4 rings (SSSR count). The summed E-state index contributed by atoms with van der Waals surface area (Å²) in [5.74, 6) is -1.74. The van der Waals surface area contributed by atoms with Gasteiger partial charge < -0.3 is 25.6 Å². The summed E-state index contributed by atoms with van der Waals surface area (Å²) in [4.78, 5) is 37.6. The van der Waals surface area contributed by atoms with Crippen LogP contribution in [0.5, 0.6) is 0 Å². The van der Waals surface area contributed by atoms with Gasteiger partial charge in [-0.15, -0.1) is 0 Å². The van der Waals surface area contributed by atoms with E-state index < -0.39 is 17.9 Å². The predicted molar refractivity (Wildman–Crippen MR) is 116 cm³/mol. The third-order valence-electron chi connectivity index (χ3n) is 5.19. The monoisotopic (exact) mass is 438 g/mol. The lowest BCUT2D eigenvalue weighted by atomic mass is 10.1. The molecule has 4 N–H and O–H groups in total. The maximum Gasteiger partial charge on any atom is 0.335 e. The number of hydrogen-bond acceptors (Lipinski definition) is 3. The number of carboxylic acids is 1. The fourth-order valence-electron chi connectivity index (χ4n) is 3.76. The Balaban J connectivity index is 1.64. The summed E-state index contributed by atoms with van der Waals surface area (Å²) in [6, 6.07) is 15.0. The molecule has 8 nitrogen and oxygen atoms in total. The van der Waals surface area contributed by atoms with Crippen molar-refractivity contribution in [3.63, 3.8) is 0 Å². The number of primary amides is 1. The summed E-state index contributed by atoms with van der Waals surface area (Å²) in [6.07, 6.45) is 0. The van der Waals surface area contributed by atoms with Gasteiger partial charge in [0.2, 0.25) is 0 Å². The molecule has 0 bridgehead atoms. The number of rotatable bonds is 4. The van der Waals surface area contributed by atoms with Crippen molar-refractivity contribution in [2.45, 2.75) is 13.1 Å². The lowest BCUT2D eigenvalue weighted by Crippen LogP contribution is -2.41. The van der Waals surface area contributed by atoms with Gasteiger partial charge in [-0.25, -0.2) is 9.59 Å². The summed E-state index contributed by atoms with van der Waals surface area (Å²) in [6.45, 7) is 0.935. The largest absolute Gasteiger partial charge is 0.478 e. The van der Waals surface area contributed by atoms with Crippen LogP contribution in [0.4, 0.5) is 10.5 Å². The molecule has 0 saturated carbocycles. The number of anilines is 1. The molecule has 158 valence electrons. The van der Waals surface area contributed by atoms with Gasteiger partial charge in [0, 0.05) is 18.8 Å². The molecule has 3 aromatic rings. The number of nitrogens with one attached hydrogen (secondary N) is 1. The third kappa shape index (κ3) is 3.85. The Labute approximate surface area is 182 Å². The lowest BCUT2D eigenvalue weighted by molar-refractivity contribution is 0.0696. The number of carbonyl (C=O) groups excluding carboxylic acids is 2. The number of aromatic nitrogens is 1. The molecule has 0 saturated heterocycles. The third-order valence-corrected chi connectivity index (χ3v) is 5.56. The number of amides is 3. The lowest BCUT2D eigenvalue weighted by Gasteiger charge is -2.30. The van der Waals surface area contributed by atoms with Crippen molar-refractivity contribution in [1.29, 1.82) is 0 Å². The molecular formula is C22H19ClN4O4. The van der Waals surface area contributed by atoms with Gasteiger partial charge in [0.25, 0.3) is 5.91 Å². The molecule has 0 atom stereocenters. The molecule has 2 aromatic carbocycles. The molecule has 3 amide bonds. The second-order valence-electron chi connectivity index (χ2n) is 7.10. The van der Waals surface area contributed by atoms with Crippen LogP contribution >= 0.6 is 11.6 Å². The molecule has 0 radical (unpaired) electrons. The number of urea groups is 1. The minimum absolute atomic E-state index is 0.0700. The number of hydrogen-bond donors (Lipinski definition) is 3. The highest BCUT2D eigenvalue weighted by atomic mass is 35.5. The zero-order valence-electron chi connectivity index (χ0n) is 16.3. The van der Waals surface area contributed by atoms with Crippen molar-refractivity contribution >= 4 is 35.2 Å². The first-order chi connectivity index (χ1) is 14.9. The van der Waals surface area contributed by atoms with E-state index in [-0.39, 0.29) is 22.7 Å². The molecule has 1 aliphatic heterocycles. The van der Waals surface area contributed by atoms with Crippen LogP contribution in [0.1, 0.15) is 26.4 Å². The second kappa shape index (κ2) is 8.16. The van der Waals surface area contributed by atoms with Crippen LogP contribution in [-0.2, 0) is 13.1 Å². The maximum atomic E-state index is 12.8. The second-order valence-corrected chi connectivity index (χ2v) is 7.48. The Hall–Kier alpha value is -3.78. The summed E-state index contributed by atoms with van der Waals surface area (Å²) < 4.78 is 1.92. The Kier molecular flexibility index (Phi) is 5.39. The van der Waals surface area contributed by atoms with Gasteiger partial charge in [0.1, 0.15) is 0 Å². The Morgan fingerprint density at radius 3 is 2.45 bits per heavy atom. The van der Waals surface area contributed by atoms with E-state index in [9.17, 15) is 14.4 Å². The van der Waals surface area contributed by atoms with E-state index in [2.05, 4.69) is 5.32 Å². The van der Waals surface area contributed by atoms with E-state index in [1.165, 1.54) is 17.0 Å². The van der Waals surface area contributed by atoms with Crippen molar-refractivity contribution in [1.82, 2.24) is 9.47 Å². The van der Waals surface area contributed by atoms with Gasteiger partial charge in [0.05, 0.1) is 34.1 Å². The number of nitrogens with two attached hydrogens (primary N) is 1. The molecule has 0 fully saturated rings. The average Bonchev–Trinajstić information content (AvgIpc) is 3.05. The van der Waals surface area contributed by atoms with Gasteiger partial charge in [0.15, 0.2) is 0 Å². The average molecular weight is 439 g/mol. The van der Waals surface area contributed by atoms with Crippen LogP contribution in [0.2, 0.25) is 5.02 Å². The van der Waals surface area contributed by atoms with Crippen LogP contribution in [-0.4, -0.2) is 39.0 Å². The fourth-order valence-corrected chi connectivity index (χ4v) is 4.17. The topological polar surface area (TPSA) is 118 Å². The van der Waals surface area contributed by atoms with Crippen LogP contribution in [0, 0.1) is 0 Å². The van der Waals surface area contributed by atoms with Gasteiger partial charge in [-0.2, -0.15) is 0 Å². The van der Waals surface area contributed by atoms with E-state index in [1.54, 1.807) is 12.1 Å². The highest BCUT2D eigenvalue weighted by Gasteiger charge is 2.31. The Morgan fingerprint density at radius 1 is 1.03 bits per heavy atom. The highest BCUT2D eigenvalue weighted by Crippen LogP contribution is 2.37. The first-order valence-electron chi connectivity index (χ1n) is 9.52. The number of carboxylic acid groups (broad SMARTS) is 1. The number of benzene rings is 2. The first kappa shape index (κ1) is 20.5. The number of halogens is 1. The van der Waals surface area contributed by atoms with E-state index >= 15 is 0 Å². The zero-order chi connectivity index (χ0) is 22.1. The quantitative estimate of drug-likeness (QED) is 0.576. The van der Waals surface area contributed by atoms with E-state index in [1.807, 2.05) is 34.9 Å². The van der Waals surface area contributed by atoms with Crippen LogP contribution in [0.15, 0.2) is 54.6 Å². The maximum absolute atomic E-state index is 12.8. The van der Waals surface area contributed by atoms with E-state index in [0.29, 0.717) is 30.2 Å². The minimum Gasteiger partial charge on any atom is -0.478 e. The number of carbonyl (C=O) groups is 3. The zero-order valence-corrected chi connectivity index (χ0v) is 17.1. The minimum atomic E-state index is -1.08. The molecule has 1 aromatic heterocycles. The molecule has 1 aliphatic rings. The Morgan fingerprint density at radius 2 is 1.77 bits per heavy atom. The summed E-state index contributed by atoms with van der Waals surface area (Å²) in [5.41, 5.74) is 8.36. The SMILES string of the molecule is NC(=O)c1c(Cl)c(-c2ccccc2)n2c1CN(C(=O)Nc1cccc(C(=O)O)c1)CC2. The first-order valence-corrected chi connectivity index (χ1v) is 9.90. The summed E-state index contributed by atoms with van der Waals surface area (Å²) >= 11 is 6.56. The molecule has 0 unspecified atom stereocenters. The highest BCUT2D eigenvalue weighted by molar-refractivity contribution is 6.36. The molecular weight excluding hydrogens is 420 g/mol. The van der Waals surface area contributed by atoms with Gasteiger partial charge in [-0.3, -0.25) is 4.79 Å². The molecule has 31 heavy (non-hydrogen) atoms. The fraction of sp³-hybridized carbons (Fsp3) is 0.136. The summed E-state index contributed by atoms with van der Waals surface area (Å²) in [5, 5.41) is 12.1. The van der Waals surface area contributed by atoms with Crippen LogP contribution in [0.3, 0.4) is 0 Å². The van der Waals surface area contributed by atoms with Crippen molar-refractivity contribution in [2.75, 3.05) is 11.9 Å². The van der Waals surface area contributed by atoms with Crippen molar-refractivity contribution in [2.24, 2.45) is 5.73 Å². The van der Waals surface area contributed by atoms with Crippen LogP contribution < -0.4 is 11.1 Å². The number of nitrogens with zero attached hydrogens (tertiary/aromatic N) is 2. The van der Waals surface area contributed by atoms with E-state index in [4.69, 9.17) is 22.4 Å². The molecule has 0 aliphatic carbocycles.